The van der Waals surface area contributed by atoms with Crippen LogP contribution in [0, 0.1) is 12.3 Å². The summed E-state index contributed by atoms with van der Waals surface area (Å²) in [6.45, 7) is 11.5. The van der Waals surface area contributed by atoms with Crippen LogP contribution in [0.25, 0.3) is 0 Å². The van der Waals surface area contributed by atoms with Gasteiger partial charge in [-0.2, -0.15) is 0 Å². The van der Waals surface area contributed by atoms with E-state index in [0.29, 0.717) is 18.2 Å². The summed E-state index contributed by atoms with van der Waals surface area (Å²) in [6, 6.07) is 0.505. The van der Waals surface area contributed by atoms with Crippen LogP contribution in [0.3, 0.4) is 0 Å². The van der Waals surface area contributed by atoms with E-state index in [2.05, 4.69) is 43.2 Å². The number of nitrogens with one attached hydrogen (secondary N) is 1. The minimum absolute atomic E-state index is 0.198. The van der Waals surface area contributed by atoms with Gasteiger partial charge in [-0.3, -0.25) is 0 Å². The molecule has 5 heteroatoms. The molecule has 1 aromatic heterocycles. The molecule has 2 rings (SSSR count). The first-order valence-electron chi connectivity index (χ1n) is 6.57. The molecule has 2 atom stereocenters. The van der Waals surface area contributed by atoms with Crippen molar-refractivity contribution < 1.29 is 4.74 Å². The van der Waals surface area contributed by atoms with Crippen LogP contribution in [-0.2, 0) is 11.3 Å². The van der Waals surface area contributed by atoms with Crippen molar-refractivity contribution in [2.75, 3.05) is 0 Å². The third kappa shape index (κ3) is 2.90. The molecule has 1 N–H and O–H groups in total. The molecule has 1 aromatic rings. The molecule has 0 saturated heterocycles. The summed E-state index contributed by atoms with van der Waals surface area (Å²) >= 11 is 1.66. The molecule has 0 aliphatic heterocycles. The fraction of sp³-hybridized carbons (Fsp3) is 0.846. The number of ether oxygens (including phenoxy) is 1. The van der Waals surface area contributed by atoms with E-state index >= 15 is 0 Å². The van der Waals surface area contributed by atoms with Gasteiger partial charge in [-0.1, -0.05) is 13.8 Å². The van der Waals surface area contributed by atoms with Gasteiger partial charge >= 0.3 is 0 Å². The number of aromatic nitrogens is 2. The van der Waals surface area contributed by atoms with Crippen LogP contribution in [0.15, 0.2) is 0 Å². The largest absolute Gasteiger partial charge is 0.375 e. The summed E-state index contributed by atoms with van der Waals surface area (Å²) in [7, 11) is 0. The van der Waals surface area contributed by atoms with Crippen LogP contribution in [0.4, 0.5) is 0 Å². The summed E-state index contributed by atoms with van der Waals surface area (Å²) in [5.74, 6) is 0. The van der Waals surface area contributed by atoms with Gasteiger partial charge in [-0.05, 0) is 27.2 Å². The predicted octanol–water partition coefficient (Wildman–Crippen LogP) is 2.53. The summed E-state index contributed by atoms with van der Waals surface area (Å²) < 4.78 is 5.92. The summed E-state index contributed by atoms with van der Waals surface area (Å²) in [4.78, 5) is 0. The van der Waals surface area contributed by atoms with Crippen LogP contribution in [-0.4, -0.2) is 28.4 Å². The van der Waals surface area contributed by atoms with Gasteiger partial charge in [-0.25, -0.2) is 0 Å². The molecule has 0 amide bonds. The molecule has 18 heavy (non-hydrogen) atoms. The van der Waals surface area contributed by atoms with E-state index in [4.69, 9.17) is 4.74 Å². The molecule has 0 bridgehead atoms. The first-order valence-corrected chi connectivity index (χ1v) is 7.39. The number of aryl methyl sites for hydroxylation is 1. The number of hydrogen-bond acceptors (Lipinski definition) is 5. The molecule has 2 unspecified atom stereocenters. The topological polar surface area (TPSA) is 47.0 Å². The molecular formula is C13H23N3OS. The van der Waals surface area contributed by atoms with Gasteiger partial charge < -0.3 is 10.1 Å². The molecule has 1 fully saturated rings. The maximum absolute atomic E-state index is 5.92. The van der Waals surface area contributed by atoms with Crippen molar-refractivity contribution in [1.29, 1.82) is 0 Å². The lowest BCUT2D eigenvalue weighted by atomic mass is 9.64. The molecule has 1 aliphatic rings. The van der Waals surface area contributed by atoms with Gasteiger partial charge in [-0.15, -0.1) is 21.5 Å². The van der Waals surface area contributed by atoms with Gasteiger partial charge in [0, 0.05) is 18.0 Å². The van der Waals surface area contributed by atoms with Gasteiger partial charge in [0.1, 0.15) is 10.0 Å². The summed E-state index contributed by atoms with van der Waals surface area (Å²) in [6.07, 6.45) is 1.76. The highest BCUT2D eigenvalue weighted by Gasteiger charge is 2.48. The van der Waals surface area contributed by atoms with E-state index in [0.717, 1.165) is 23.0 Å². The Balaban J connectivity index is 1.82. The van der Waals surface area contributed by atoms with Crippen molar-refractivity contribution in [1.82, 2.24) is 15.5 Å². The standard InChI is InChI=1S/C13H23N3OS/c1-8(2)17-11-6-10(13(11,4)5)14-7-12-16-15-9(3)18-12/h8,10-11,14H,6-7H2,1-5H3. The van der Waals surface area contributed by atoms with Crippen molar-refractivity contribution in [2.45, 2.75) is 65.8 Å². The molecule has 1 heterocycles. The smallest absolute Gasteiger partial charge is 0.131 e. The van der Waals surface area contributed by atoms with Crippen LogP contribution in [0.1, 0.15) is 44.1 Å². The van der Waals surface area contributed by atoms with Crippen molar-refractivity contribution in [3.63, 3.8) is 0 Å². The highest BCUT2D eigenvalue weighted by atomic mass is 32.1. The maximum atomic E-state index is 5.92. The molecular weight excluding hydrogens is 246 g/mol. The molecule has 1 aliphatic carbocycles. The average molecular weight is 269 g/mol. The van der Waals surface area contributed by atoms with Crippen LogP contribution < -0.4 is 5.32 Å². The minimum atomic E-state index is 0.198. The molecule has 0 radical (unpaired) electrons. The summed E-state index contributed by atoms with van der Waals surface area (Å²) in [5.41, 5.74) is 0.198. The number of rotatable bonds is 5. The van der Waals surface area contributed by atoms with E-state index in [1.54, 1.807) is 11.3 Å². The average Bonchev–Trinajstić information content (AvgIpc) is 2.68. The highest BCUT2D eigenvalue weighted by Crippen LogP contribution is 2.43. The highest BCUT2D eigenvalue weighted by molar-refractivity contribution is 7.11. The fourth-order valence-electron chi connectivity index (χ4n) is 2.41. The molecule has 4 nitrogen and oxygen atoms in total. The molecule has 1 saturated carbocycles. The lowest BCUT2D eigenvalue weighted by Gasteiger charge is -2.52. The second-order valence-electron chi connectivity index (χ2n) is 5.88. The fourth-order valence-corrected chi connectivity index (χ4v) is 3.07. The van der Waals surface area contributed by atoms with Gasteiger partial charge in [0.05, 0.1) is 12.2 Å². The van der Waals surface area contributed by atoms with Gasteiger partial charge in [0.2, 0.25) is 0 Å². The maximum Gasteiger partial charge on any atom is 0.131 e. The van der Waals surface area contributed by atoms with E-state index in [1.165, 1.54) is 0 Å². The predicted molar refractivity (Wildman–Crippen MR) is 73.7 cm³/mol. The van der Waals surface area contributed by atoms with Gasteiger partial charge in [0.15, 0.2) is 0 Å². The minimum Gasteiger partial charge on any atom is -0.375 e. The van der Waals surface area contributed by atoms with Crippen molar-refractivity contribution in [2.24, 2.45) is 5.41 Å². The third-order valence-corrected chi connectivity index (χ3v) is 4.52. The lowest BCUT2D eigenvalue weighted by molar-refractivity contribution is -0.139. The molecule has 0 aromatic carbocycles. The SMILES string of the molecule is Cc1nnc(CNC2CC(OC(C)C)C2(C)C)s1. The normalized spacial score (nSPS) is 26.3. The zero-order valence-corrected chi connectivity index (χ0v) is 12.7. The Kier molecular flexibility index (Phi) is 4.04. The van der Waals surface area contributed by atoms with Crippen molar-refractivity contribution >= 4 is 11.3 Å². The van der Waals surface area contributed by atoms with E-state index in [9.17, 15) is 0 Å². The Hall–Kier alpha value is -0.520. The Morgan fingerprint density at radius 2 is 2.17 bits per heavy atom. The Morgan fingerprint density at radius 3 is 2.67 bits per heavy atom. The zero-order valence-electron chi connectivity index (χ0n) is 11.9. The Bertz CT molecular complexity index is 403. The van der Waals surface area contributed by atoms with E-state index in [-0.39, 0.29) is 5.41 Å². The number of hydrogen-bond donors (Lipinski definition) is 1. The van der Waals surface area contributed by atoms with E-state index in [1.807, 2.05) is 6.92 Å². The summed E-state index contributed by atoms with van der Waals surface area (Å²) in [5, 5.41) is 13.8. The molecule has 0 spiro atoms. The van der Waals surface area contributed by atoms with Crippen molar-refractivity contribution in [3.8, 4) is 0 Å². The van der Waals surface area contributed by atoms with E-state index < -0.39 is 0 Å². The monoisotopic (exact) mass is 269 g/mol. The first kappa shape index (κ1) is 13.9. The lowest BCUT2D eigenvalue weighted by Crippen LogP contribution is -2.61. The second kappa shape index (κ2) is 5.23. The Morgan fingerprint density at radius 1 is 1.44 bits per heavy atom. The number of nitrogens with zero attached hydrogens (tertiary/aromatic N) is 2. The zero-order chi connectivity index (χ0) is 13.3. The first-order chi connectivity index (χ1) is 8.39. The third-order valence-electron chi connectivity index (χ3n) is 3.68. The second-order valence-corrected chi connectivity index (χ2v) is 7.15. The quantitative estimate of drug-likeness (QED) is 0.892. The van der Waals surface area contributed by atoms with Crippen LogP contribution in [0.5, 0.6) is 0 Å². The van der Waals surface area contributed by atoms with Crippen LogP contribution >= 0.6 is 11.3 Å². The van der Waals surface area contributed by atoms with Gasteiger partial charge in [0.25, 0.3) is 0 Å². The van der Waals surface area contributed by atoms with Crippen LogP contribution in [0.2, 0.25) is 0 Å². The molecule has 102 valence electrons. The van der Waals surface area contributed by atoms with Crippen molar-refractivity contribution in [3.05, 3.63) is 10.0 Å². The Labute approximate surface area is 113 Å².